The van der Waals surface area contributed by atoms with Gasteiger partial charge in [-0.25, -0.2) is 4.98 Å². The van der Waals surface area contributed by atoms with Gasteiger partial charge in [-0.2, -0.15) is 18.4 Å². The first-order valence-corrected chi connectivity index (χ1v) is 8.15. The summed E-state index contributed by atoms with van der Waals surface area (Å²) in [7, 11) is 0. The molecule has 3 nitrogen and oxygen atoms in total. The molecular weight excluding hydrogens is 323 g/mol. The van der Waals surface area contributed by atoms with Crippen molar-refractivity contribution in [1.29, 1.82) is 5.26 Å². The van der Waals surface area contributed by atoms with Crippen LogP contribution in [0.3, 0.4) is 0 Å². The third kappa shape index (κ3) is 3.82. The number of anilines is 1. The summed E-state index contributed by atoms with van der Waals surface area (Å²) in [5, 5.41) is 10.8. The lowest BCUT2D eigenvalue weighted by Gasteiger charge is -2.25. The molecule has 120 valence electrons. The van der Waals surface area contributed by atoms with Crippen LogP contribution >= 0.6 is 11.3 Å². The van der Waals surface area contributed by atoms with Gasteiger partial charge in [-0.05, 0) is 37.0 Å². The molecule has 1 aromatic carbocycles. The Hall–Kier alpha value is -2.07. The highest BCUT2D eigenvalue weighted by Crippen LogP contribution is 2.36. The van der Waals surface area contributed by atoms with Crippen molar-refractivity contribution in [1.82, 2.24) is 4.98 Å². The number of alkyl halides is 3. The van der Waals surface area contributed by atoms with Crippen LogP contribution in [0.25, 0.3) is 0 Å². The monoisotopic (exact) mass is 337 g/mol. The van der Waals surface area contributed by atoms with Crippen LogP contribution < -0.4 is 4.90 Å². The van der Waals surface area contributed by atoms with Crippen LogP contribution in [-0.2, 0) is 12.7 Å². The van der Waals surface area contributed by atoms with E-state index in [9.17, 15) is 13.2 Å². The molecular formula is C16H14F3N3S. The van der Waals surface area contributed by atoms with Crippen LogP contribution in [0.4, 0.5) is 18.9 Å². The molecule has 1 aromatic heterocycles. The van der Waals surface area contributed by atoms with Gasteiger partial charge in [0.2, 0.25) is 0 Å². The molecule has 1 fully saturated rings. The van der Waals surface area contributed by atoms with Crippen molar-refractivity contribution in [3.63, 3.8) is 0 Å². The third-order valence-electron chi connectivity index (χ3n) is 3.81. The minimum atomic E-state index is -4.53. The summed E-state index contributed by atoms with van der Waals surface area (Å²) >= 11 is 1.46. The van der Waals surface area contributed by atoms with E-state index in [1.807, 2.05) is 10.3 Å². The molecule has 0 aliphatic heterocycles. The number of rotatable bonds is 5. The number of hydrogen-bond acceptors (Lipinski definition) is 4. The number of halogens is 3. The van der Waals surface area contributed by atoms with E-state index < -0.39 is 11.7 Å². The number of thiazole rings is 1. The lowest BCUT2D eigenvalue weighted by molar-refractivity contribution is -0.137. The van der Waals surface area contributed by atoms with Gasteiger partial charge in [0.25, 0.3) is 0 Å². The van der Waals surface area contributed by atoms with Gasteiger partial charge in [-0.15, -0.1) is 11.3 Å². The number of nitriles is 1. The van der Waals surface area contributed by atoms with E-state index in [0.29, 0.717) is 24.7 Å². The Labute approximate surface area is 136 Å². The van der Waals surface area contributed by atoms with Gasteiger partial charge in [0, 0.05) is 17.6 Å². The molecule has 1 aliphatic rings. The molecule has 0 amide bonds. The Kier molecular flexibility index (Phi) is 4.26. The van der Waals surface area contributed by atoms with Gasteiger partial charge >= 0.3 is 6.18 Å². The summed E-state index contributed by atoms with van der Waals surface area (Å²) in [5.41, 5.74) is 1.81. The number of nitrogens with zero attached hydrogens (tertiary/aromatic N) is 3. The first-order valence-electron chi connectivity index (χ1n) is 7.20. The highest BCUT2D eigenvalue weighted by molar-refractivity contribution is 7.07. The molecule has 23 heavy (non-hydrogen) atoms. The van der Waals surface area contributed by atoms with E-state index in [2.05, 4.69) is 4.98 Å². The number of hydrogen-bond donors (Lipinski definition) is 0. The third-order valence-corrected chi connectivity index (χ3v) is 4.44. The second-order valence-electron chi connectivity index (χ2n) is 5.64. The lowest BCUT2D eigenvalue weighted by atomic mass is 10.1. The quantitative estimate of drug-likeness (QED) is 0.809. The molecule has 1 saturated carbocycles. The topological polar surface area (TPSA) is 39.9 Å². The second-order valence-corrected chi connectivity index (χ2v) is 6.36. The molecule has 0 N–H and O–H groups in total. The highest BCUT2D eigenvalue weighted by atomic mass is 32.1. The molecule has 1 aliphatic carbocycles. The fourth-order valence-corrected chi connectivity index (χ4v) is 3.00. The highest BCUT2D eigenvalue weighted by Gasteiger charge is 2.34. The van der Waals surface area contributed by atoms with Crippen molar-refractivity contribution >= 4 is 17.0 Å². The molecule has 2 aromatic rings. The Morgan fingerprint density at radius 1 is 1.35 bits per heavy atom. The molecule has 1 heterocycles. The van der Waals surface area contributed by atoms with E-state index >= 15 is 0 Å². The van der Waals surface area contributed by atoms with Crippen LogP contribution in [0, 0.1) is 17.2 Å². The van der Waals surface area contributed by atoms with Gasteiger partial charge in [0.15, 0.2) is 0 Å². The standard InChI is InChI=1S/C16H14F3N3S/c17-16(18,19)15-5-14(4-3-12(15)6-20)22(7-11-1-2-11)8-13-9-23-10-21-13/h3-5,9-11H,1-2,7-8H2. The van der Waals surface area contributed by atoms with E-state index in [4.69, 9.17) is 5.26 Å². The fourth-order valence-electron chi connectivity index (χ4n) is 2.45. The zero-order valence-electron chi connectivity index (χ0n) is 12.2. The maximum atomic E-state index is 13.2. The van der Waals surface area contributed by atoms with Gasteiger partial charge in [-0.1, -0.05) is 0 Å². The van der Waals surface area contributed by atoms with Crippen molar-refractivity contribution in [2.75, 3.05) is 11.4 Å². The van der Waals surface area contributed by atoms with Crippen LogP contribution in [-0.4, -0.2) is 11.5 Å². The van der Waals surface area contributed by atoms with Crippen LogP contribution in [0.1, 0.15) is 29.7 Å². The van der Waals surface area contributed by atoms with Gasteiger partial charge in [0.1, 0.15) is 0 Å². The summed E-state index contributed by atoms with van der Waals surface area (Å²) in [6, 6.07) is 5.53. The molecule has 7 heteroatoms. The minimum absolute atomic E-state index is 0.346. The summed E-state index contributed by atoms with van der Waals surface area (Å²) < 4.78 is 39.5. The summed E-state index contributed by atoms with van der Waals surface area (Å²) in [6.07, 6.45) is -2.32. The minimum Gasteiger partial charge on any atom is -0.365 e. The normalized spacial score (nSPS) is 14.5. The Balaban J connectivity index is 1.93. The Morgan fingerprint density at radius 2 is 2.13 bits per heavy atom. The van der Waals surface area contributed by atoms with Gasteiger partial charge in [-0.3, -0.25) is 0 Å². The Bertz CT molecular complexity index is 715. The predicted octanol–water partition coefficient (Wildman–Crippen LogP) is 4.45. The SMILES string of the molecule is N#Cc1ccc(N(Cc2cscn2)CC2CC2)cc1C(F)(F)F. The molecule has 0 spiro atoms. The Morgan fingerprint density at radius 3 is 2.70 bits per heavy atom. The average molecular weight is 337 g/mol. The molecule has 0 atom stereocenters. The van der Waals surface area contributed by atoms with Crippen LogP contribution in [0.5, 0.6) is 0 Å². The van der Waals surface area contributed by atoms with Crippen molar-refractivity contribution in [2.24, 2.45) is 5.92 Å². The largest absolute Gasteiger partial charge is 0.417 e. The van der Waals surface area contributed by atoms with Gasteiger partial charge in [0.05, 0.1) is 34.9 Å². The molecule has 0 unspecified atom stereocenters. The first kappa shape index (κ1) is 15.8. The van der Waals surface area contributed by atoms with E-state index in [-0.39, 0.29) is 5.56 Å². The van der Waals surface area contributed by atoms with E-state index in [1.165, 1.54) is 17.4 Å². The van der Waals surface area contributed by atoms with Crippen molar-refractivity contribution in [3.05, 3.63) is 45.9 Å². The average Bonchev–Trinajstić information content (AvgIpc) is 3.18. The van der Waals surface area contributed by atoms with Crippen molar-refractivity contribution in [2.45, 2.75) is 25.6 Å². The zero-order valence-corrected chi connectivity index (χ0v) is 13.0. The van der Waals surface area contributed by atoms with Crippen LogP contribution in [0.15, 0.2) is 29.1 Å². The maximum absolute atomic E-state index is 13.2. The fraction of sp³-hybridized carbons (Fsp3) is 0.375. The smallest absolute Gasteiger partial charge is 0.365 e. The summed E-state index contributed by atoms with van der Waals surface area (Å²) in [4.78, 5) is 6.14. The van der Waals surface area contributed by atoms with E-state index in [0.717, 1.165) is 24.6 Å². The first-order chi connectivity index (χ1) is 11.0. The van der Waals surface area contributed by atoms with E-state index in [1.54, 1.807) is 17.6 Å². The maximum Gasteiger partial charge on any atom is 0.417 e. The second kappa shape index (κ2) is 6.20. The lowest BCUT2D eigenvalue weighted by Crippen LogP contribution is -2.26. The molecule has 0 saturated heterocycles. The number of aromatic nitrogens is 1. The summed E-state index contributed by atoms with van der Waals surface area (Å²) in [6.45, 7) is 1.18. The van der Waals surface area contributed by atoms with Crippen molar-refractivity contribution in [3.8, 4) is 6.07 Å². The van der Waals surface area contributed by atoms with Gasteiger partial charge < -0.3 is 4.90 Å². The summed E-state index contributed by atoms with van der Waals surface area (Å²) in [5.74, 6) is 0.526. The van der Waals surface area contributed by atoms with Crippen molar-refractivity contribution < 1.29 is 13.2 Å². The number of benzene rings is 1. The molecule has 0 bridgehead atoms. The van der Waals surface area contributed by atoms with Crippen LogP contribution in [0.2, 0.25) is 0 Å². The molecule has 3 rings (SSSR count). The predicted molar refractivity (Wildman–Crippen MR) is 82.0 cm³/mol. The zero-order chi connectivity index (χ0) is 16.4. The molecule has 0 radical (unpaired) electrons.